The van der Waals surface area contributed by atoms with Crippen molar-refractivity contribution in [3.8, 4) is 0 Å². The molecule has 3 nitrogen and oxygen atoms in total. The summed E-state index contributed by atoms with van der Waals surface area (Å²) in [6.07, 6.45) is 6.96. The number of hydrogen-bond acceptors (Lipinski definition) is 3. The number of rotatable bonds is 4. The van der Waals surface area contributed by atoms with Crippen molar-refractivity contribution in [2.24, 2.45) is 11.8 Å². The Morgan fingerprint density at radius 1 is 1.00 bits per heavy atom. The van der Waals surface area contributed by atoms with Gasteiger partial charge in [0.05, 0.1) is 0 Å². The molecule has 2 aliphatic carbocycles. The molecule has 0 spiro atoms. The average Bonchev–Trinajstić information content (AvgIpc) is 2.99. The van der Waals surface area contributed by atoms with Gasteiger partial charge in [-0.15, -0.1) is 0 Å². The first-order chi connectivity index (χ1) is 8.36. The lowest BCUT2D eigenvalue weighted by molar-refractivity contribution is 0.0683. The van der Waals surface area contributed by atoms with Crippen molar-refractivity contribution in [2.75, 3.05) is 39.3 Å². The fourth-order valence-electron chi connectivity index (χ4n) is 4.27. The maximum atomic E-state index is 8.86. The maximum Gasteiger partial charge on any atom is 0.0443 e. The van der Waals surface area contributed by atoms with Gasteiger partial charge < -0.3 is 10.0 Å². The zero-order valence-electron chi connectivity index (χ0n) is 10.9. The van der Waals surface area contributed by atoms with E-state index in [1.807, 2.05) is 0 Å². The third-order valence-corrected chi connectivity index (χ3v) is 5.21. The summed E-state index contributed by atoms with van der Waals surface area (Å²) < 4.78 is 0. The lowest BCUT2D eigenvalue weighted by Gasteiger charge is -2.41. The van der Waals surface area contributed by atoms with E-state index in [0.29, 0.717) is 6.61 Å². The van der Waals surface area contributed by atoms with Crippen molar-refractivity contribution in [3.63, 3.8) is 0 Å². The summed E-state index contributed by atoms with van der Waals surface area (Å²) in [5.74, 6) is 2.10. The lowest BCUT2D eigenvalue weighted by atomic mass is 9.93. The van der Waals surface area contributed by atoms with Crippen molar-refractivity contribution in [1.82, 2.24) is 9.80 Å². The van der Waals surface area contributed by atoms with Gasteiger partial charge in [0.1, 0.15) is 0 Å². The molecule has 2 saturated carbocycles. The predicted octanol–water partition coefficient (Wildman–Crippen LogP) is 1.17. The molecule has 0 amide bonds. The van der Waals surface area contributed by atoms with E-state index >= 15 is 0 Å². The third kappa shape index (κ3) is 2.51. The second-order valence-corrected chi connectivity index (χ2v) is 6.20. The van der Waals surface area contributed by atoms with Crippen LogP contribution in [-0.4, -0.2) is 60.3 Å². The van der Waals surface area contributed by atoms with Gasteiger partial charge in [0.15, 0.2) is 0 Å². The number of aliphatic hydroxyl groups excluding tert-OH is 1. The van der Waals surface area contributed by atoms with Gasteiger partial charge in [0, 0.05) is 45.4 Å². The van der Waals surface area contributed by atoms with E-state index < -0.39 is 0 Å². The fraction of sp³-hybridized carbons (Fsp3) is 1.00. The second kappa shape index (κ2) is 5.25. The molecule has 98 valence electrons. The Morgan fingerprint density at radius 2 is 1.82 bits per heavy atom. The molecule has 0 unspecified atom stereocenters. The number of aliphatic hydroxyl groups is 1. The quantitative estimate of drug-likeness (QED) is 0.796. The van der Waals surface area contributed by atoms with Gasteiger partial charge >= 0.3 is 0 Å². The number of nitrogens with zero attached hydrogens (tertiary/aromatic N) is 2. The molecule has 2 bridgehead atoms. The molecule has 17 heavy (non-hydrogen) atoms. The van der Waals surface area contributed by atoms with E-state index in [-0.39, 0.29) is 0 Å². The van der Waals surface area contributed by atoms with Crippen LogP contribution in [0.15, 0.2) is 0 Å². The van der Waals surface area contributed by atoms with E-state index in [0.717, 1.165) is 30.8 Å². The van der Waals surface area contributed by atoms with Crippen LogP contribution in [0.25, 0.3) is 0 Å². The predicted molar refractivity (Wildman–Crippen MR) is 69.0 cm³/mol. The summed E-state index contributed by atoms with van der Waals surface area (Å²) in [6, 6.07) is 0.925. The van der Waals surface area contributed by atoms with Gasteiger partial charge in [-0.2, -0.15) is 0 Å². The highest BCUT2D eigenvalue weighted by molar-refractivity contribution is 4.96. The highest BCUT2D eigenvalue weighted by Gasteiger charge is 2.42. The topological polar surface area (TPSA) is 26.7 Å². The first kappa shape index (κ1) is 11.9. The molecule has 3 atom stereocenters. The summed E-state index contributed by atoms with van der Waals surface area (Å²) in [5, 5.41) is 8.86. The Balaban J connectivity index is 1.45. The monoisotopic (exact) mass is 238 g/mol. The van der Waals surface area contributed by atoms with Gasteiger partial charge in [-0.05, 0) is 37.5 Å². The third-order valence-electron chi connectivity index (χ3n) is 5.21. The Bertz CT molecular complexity index is 251. The summed E-state index contributed by atoms with van der Waals surface area (Å²) in [5.41, 5.74) is 0. The highest BCUT2D eigenvalue weighted by Crippen LogP contribution is 2.46. The summed E-state index contributed by atoms with van der Waals surface area (Å²) >= 11 is 0. The normalized spacial score (nSPS) is 39.0. The standard InChI is InChI=1S/C14H26N2O/c17-9-1-4-15-5-7-16(8-6-15)14-11-12-2-3-13(14)10-12/h12-14,17H,1-11H2/t12-,13-,14+/m0/s1. The van der Waals surface area contributed by atoms with Crippen molar-refractivity contribution >= 4 is 0 Å². The first-order valence-corrected chi connectivity index (χ1v) is 7.44. The summed E-state index contributed by atoms with van der Waals surface area (Å²) in [6.45, 7) is 6.38. The molecule has 0 aromatic carbocycles. The molecule has 3 rings (SSSR count). The summed E-state index contributed by atoms with van der Waals surface area (Å²) in [4.78, 5) is 5.28. The Morgan fingerprint density at radius 3 is 2.41 bits per heavy atom. The van der Waals surface area contributed by atoms with Crippen molar-refractivity contribution in [2.45, 2.75) is 38.1 Å². The highest BCUT2D eigenvalue weighted by atomic mass is 16.3. The Kier molecular flexibility index (Phi) is 3.69. The van der Waals surface area contributed by atoms with Gasteiger partial charge in [0.25, 0.3) is 0 Å². The number of fused-ring (bicyclic) bond motifs is 2. The number of piperazine rings is 1. The molecular formula is C14H26N2O. The molecule has 1 N–H and O–H groups in total. The van der Waals surface area contributed by atoms with Gasteiger partial charge in [-0.25, -0.2) is 0 Å². The molecule has 0 aromatic rings. The Labute approximate surface area is 105 Å². The molecule has 1 aliphatic heterocycles. The second-order valence-electron chi connectivity index (χ2n) is 6.20. The molecule has 3 heteroatoms. The molecule has 0 radical (unpaired) electrons. The zero-order valence-corrected chi connectivity index (χ0v) is 10.9. The summed E-state index contributed by atoms with van der Waals surface area (Å²) in [7, 11) is 0. The van der Waals surface area contributed by atoms with Crippen LogP contribution in [0.2, 0.25) is 0 Å². The SMILES string of the molecule is OCCCN1CCN([C@@H]2C[C@H]3CC[C@H]2C3)CC1. The van der Waals surface area contributed by atoms with E-state index in [4.69, 9.17) is 5.11 Å². The van der Waals surface area contributed by atoms with Crippen molar-refractivity contribution < 1.29 is 5.11 Å². The van der Waals surface area contributed by atoms with Crippen LogP contribution in [0.5, 0.6) is 0 Å². The van der Waals surface area contributed by atoms with Crippen LogP contribution in [-0.2, 0) is 0 Å². The minimum absolute atomic E-state index is 0.340. The molecule has 1 heterocycles. The van der Waals surface area contributed by atoms with Crippen LogP contribution in [0.1, 0.15) is 32.1 Å². The van der Waals surface area contributed by atoms with E-state index in [1.165, 1.54) is 51.9 Å². The average molecular weight is 238 g/mol. The smallest absolute Gasteiger partial charge is 0.0443 e. The lowest BCUT2D eigenvalue weighted by Crippen LogP contribution is -2.51. The minimum atomic E-state index is 0.340. The molecular weight excluding hydrogens is 212 g/mol. The van der Waals surface area contributed by atoms with Crippen molar-refractivity contribution in [3.05, 3.63) is 0 Å². The van der Waals surface area contributed by atoms with Crippen LogP contribution < -0.4 is 0 Å². The minimum Gasteiger partial charge on any atom is -0.396 e. The van der Waals surface area contributed by atoms with Gasteiger partial charge in [-0.1, -0.05) is 6.42 Å². The van der Waals surface area contributed by atoms with Crippen LogP contribution in [0.4, 0.5) is 0 Å². The molecule has 3 aliphatic rings. The fourth-order valence-corrected chi connectivity index (χ4v) is 4.27. The van der Waals surface area contributed by atoms with Crippen LogP contribution >= 0.6 is 0 Å². The Hall–Kier alpha value is -0.120. The largest absolute Gasteiger partial charge is 0.396 e. The van der Waals surface area contributed by atoms with E-state index in [1.54, 1.807) is 0 Å². The van der Waals surface area contributed by atoms with Crippen LogP contribution in [0, 0.1) is 11.8 Å². The zero-order chi connectivity index (χ0) is 11.7. The molecule has 1 saturated heterocycles. The van der Waals surface area contributed by atoms with Gasteiger partial charge in [-0.3, -0.25) is 4.90 Å². The maximum absolute atomic E-state index is 8.86. The first-order valence-electron chi connectivity index (χ1n) is 7.44. The number of hydrogen-bond donors (Lipinski definition) is 1. The van der Waals surface area contributed by atoms with Crippen molar-refractivity contribution in [1.29, 1.82) is 0 Å². The van der Waals surface area contributed by atoms with E-state index in [2.05, 4.69) is 9.80 Å². The van der Waals surface area contributed by atoms with Crippen LogP contribution in [0.3, 0.4) is 0 Å². The molecule has 3 fully saturated rings. The van der Waals surface area contributed by atoms with Gasteiger partial charge in [0.2, 0.25) is 0 Å². The molecule has 0 aromatic heterocycles. The van der Waals surface area contributed by atoms with E-state index in [9.17, 15) is 0 Å².